The minimum atomic E-state index is -0.122. The third-order valence-corrected chi connectivity index (χ3v) is 5.16. The van der Waals surface area contributed by atoms with Crippen molar-refractivity contribution >= 4 is 23.1 Å². The highest BCUT2D eigenvalue weighted by Gasteiger charge is 2.15. The highest BCUT2D eigenvalue weighted by Crippen LogP contribution is 2.31. The van der Waals surface area contributed by atoms with Crippen molar-refractivity contribution in [2.75, 3.05) is 5.32 Å². The molecule has 3 aromatic carbocycles. The van der Waals surface area contributed by atoms with Crippen molar-refractivity contribution in [2.24, 2.45) is 0 Å². The number of nitrogens with zero attached hydrogens (tertiary/aromatic N) is 3. The summed E-state index contributed by atoms with van der Waals surface area (Å²) < 4.78 is 1.96. The van der Waals surface area contributed by atoms with Gasteiger partial charge in [0.25, 0.3) is 5.91 Å². The van der Waals surface area contributed by atoms with Gasteiger partial charge in [-0.15, -0.1) is 0 Å². The first-order chi connectivity index (χ1) is 15.8. The Morgan fingerprint density at radius 2 is 1.69 bits per heavy atom. The maximum atomic E-state index is 12.7. The Hall–Kier alpha value is -4.45. The zero-order chi connectivity index (χ0) is 21.8. The van der Waals surface area contributed by atoms with Gasteiger partial charge in [0.15, 0.2) is 5.65 Å². The fourth-order valence-corrected chi connectivity index (χ4v) is 3.58. The Labute approximate surface area is 185 Å². The van der Waals surface area contributed by atoms with E-state index in [9.17, 15) is 4.79 Å². The van der Waals surface area contributed by atoms with Crippen LogP contribution in [0.3, 0.4) is 0 Å². The molecule has 1 amide bonds. The Morgan fingerprint density at radius 1 is 0.906 bits per heavy atom. The van der Waals surface area contributed by atoms with Crippen LogP contribution in [0, 0.1) is 0 Å². The summed E-state index contributed by atoms with van der Waals surface area (Å²) in [7, 11) is 0. The van der Waals surface area contributed by atoms with Gasteiger partial charge in [0.2, 0.25) is 0 Å². The maximum absolute atomic E-state index is 12.7. The molecule has 0 bridgehead atoms. The van der Waals surface area contributed by atoms with Gasteiger partial charge in [-0.2, -0.15) is 0 Å². The van der Waals surface area contributed by atoms with Crippen LogP contribution in [-0.4, -0.2) is 20.3 Å². The lowest BCUT2D eigenvalue weighted by Crippen LogP contribution is -2.22. The molecule has 0 radical (unpaired) electrons. The second-order valence-corrected chi connectivity index (χ2v) is 7.35. The molecule has 0 spiro atoms. The number of carbonyl (C=O) groups is 1. The quantitative estimate of drug-likeness (QED) is 0.403. The van der Waals surface area contributed by atoms with Crippen LogP contribution in [0.25, 0.3) is 16.9 Å². The molecule has 0 aliphatic carbocycles. The predicted molar refractivity (Wildman–Crippen MR) is 126 cm³/mol. The number of hydrogen-bond donors (Lipinski definition) is 2. The van der Waals surface area contributed by atoms with E-state index in [0.29, 0.717) is 12.1 Å². The van der Waals surface area contributed by atoms with Crippen LogP contribution < -0.4 is 10.6 Å². The molecule has 6 nitrogen and oxygen atoms in total. The van der Waals surface area contributed by atoms with Gasteiger partial charge < -0.3 is 10.6 Å². The molecule has 0 aliphatic heterocycles. The molecule has 0 unspecified atom stereocenters. The van der Waals surface area contributed by atoms with E-state index in [1.165, 1.54) is 0 Å². The van der Waals surface area contributed by atoms with Gasteiger partial charge in [0.05, 0.1) is 6.20 Å². The van der Waals surface area contributed by atoms with Crippen LogP contribution in [-0.2, 0) is 6.54 Å². The summed E-state index contributed by atoms with van der Waals surface area (Å²) in [5.41, 5.74) is 5.00. The first kappa shape index (κ1) is 19.5. The monoisotopic (exact) mass is 419 g/mol. The molecule has 2 heterocycles. The Kier molecular flexibility index (Phi) is 5.32. The van der Waals surface area contributed by atoms with E-state index >= 15 is 0 Å². The van der Waals surface area contributed by atoms with Crippen molar-refractivity contribution < 1.29 is 4.79 Å². The van der Waals surface area contributed by atoms with Crippen LogP contribution in [0.5, 0.6) is 0 Å². The van der Waals surface area contributed by atoms with Crippen LogP contribution in [0.1, 0.15) is 15.9 Å². The molecule has 0 fully saturated rings. The number of benzene rings is 3. The van der Waals surface area contributed by atoms with Crippen molar-refractivity contribution in [3.63, 3.8) is 0 Å². The lowest BCUT2D eigenvalue weighted by atomic mass is 10.1. The summed E-state index contributed by atoms with van der Waals surface area (Å²) in [5, 5.41) is 6.43. The zero-order valence-corrected chi connectivity index (χ0v) is 17.3. The van der Waals surface area contributed by atoms with E-state index in [-0.39, 0.29) is 5.91 Å². The molecule has 0 saturated carbocycles. The van der Waals surface area contributed by atoms with Gasteiger partial charge in [0, 0.05) is 35.8 Å². The van der Waals surface area contributed by atoms with Crippen LogP contribution in [0.4, 0.5) is 11.5 Å². The van der Waals surface area contributed by atoms with Crippen molar-refractivity contribution in [1.29, 1.82) is 0 Å². The van der Waals surface area contributed by atoms with E-state index in [1.54, 1.807) is 12.4 Å². The molecule has 0 saturated heterocycles. The number of imidazole rings is 1. The molecule has 32 heavy (non-hydrogen) atoms. The summed E-state index contributed by atoms with van der Waals surface area (Å²) in [6.07, 6.45) is 5.32. The van der Waals surface area contributed by atoms with Gasteiger partial charge in [-0.1, -0.05) is 66.7 Å². The number of aromatic nitrogens is 3. The average molecular weight is 419 g/mol. The smallest absolute Gasteiger partial charge is 0.251 e. The van der Waals surface area contributed by atoms with Crippen molar-refractivity contribution in [2.45, 2.75) is 6.54 Å². The Balaban J connectivity index is 1.43. The maximum Gasteiger partial charge on any atom is 0.251 e. The largest absolute Gasteiger partial charge is 0.348 e. The molecule has 2 aromatic heterocycles. The molecular formula is C26H21N5O. The number of nitrogens with one attached hydrogen (secondary N) is 2. The lowest BCUT2D eigenvalue weighted by molar-refractivity contribution is 0.0951. The molecule has 0 aliphatic rings. The fraction of sp³-hybridized carbons (Fsp3) is 0.0385. The normalized spacial score (nSPS) is 10.8. The van der Waals surface area contributed by atoms with E-state index in [2.05, 4.69) is 15.6 Å². The molecular weight excluding hydrogens is 398 g/mol. The first-order valence-electron chi connectivity index (χ1n) is 10.3. The van der Waals surface area contributed by atoms with Crippen molar-refractivity contribution in [3.8, 4) is 11.3 Å². The van der Waals surface area contributed by atoms with Crippen molar-refractivity contribution in [3.05, 3.63) is 115 Å². The molecule has 6 heteroatoms. The molecule has 5 rings (SSSR count). The van der Waals surface area contributed by atoms with Crippen LogP contribution in [0.15, 0.2) is 104 Å². The highest BCUT2D eigenvalue weighted by atomic mass is 16.1. The summed E-state index contributed by atoms with van der Waals surface area (Å²) in [6.45, 7) is 0.482. The molecule has 0 atom stereocenters. The number of hydrogen-bond acceptors (Lipinski definition) is 4. The number of rotatable bonds is 6. The zero-order valence-electron chi connectivity index (χ0n) is 17.3. The highest BCUT2D eigenvalue weighted by molar-refractivity contribution is 5.95. The fourth-order valence-electron chi connectivity index (χ4n) is 3.58. The molecule has 156 valence electrons. The van der Waals surface area contributed by atoms with Gasteiger partial charge in [-0.25, -0.2) is 4.98 Å². The standard InChI is InChI=1S/C26H21N5O/c32-26(28-17-19-8-3-1-4-9-19)21-12-7-13-22(16-21)29-25-24(20-10-5-2-6-11-20)30-23-18-27-14-15-31(23)25/h1-16,18,29H,17H2,(H,28,32). The average Bonchev–Trinajstić information content (AvgIpc) is 3.22. The predicted octanol–water partition coefficient (Wildman–Crippen LogP) is 5.07. The van der Waals surface area contributed by atoms with Gasteiger partial charge in [0.1, 0.15) is 11.5 Å². The number of amides is 1. The summed E-state index contributed by atoms with van der Waals surface area (Å²) >= 11 is 0. The van der Waals surface area contributed by atoms with E-state index in [1.807, 2.05) is 95.5 Å². The number of fused-ring (bicyclic) bond motifs is 1. The molecule has 5 aromatic rings. The van der Waals surface area contributed by atoms with Gasteiger partial charge in [-0.3, -0.25) is 14.2 Å². The minimum absolute atomic E-state index is 0.122. The third-order valence-electron chi connectivity index (χ3n) is 5.16. The van der Waals surface area contributed by atoms with Crippen molar-refractivity contribution in [1.82, 2.24) is 19.7 Å². The first-order valence-corrected chi connectivity index (χ1v) is 10.3. The molecule has 2 N–H and O–H groups in total. The Bertz CT molecular complexity index is 1360. The van der Waals surface area contributed by atoms with Gasteiger partial charge in [-0.05, 0) is 23.8 Å². The van der Waals surface area contributed by atoms with Crippen LogP contribution >= 0.6 is 0 Å². The Morgan fingerprint density at radius 3 is 2.50 bits per heavy atom. The summed E-state index contributed by atoms with van der Waals surface area (Å²) in [6, 6.07) is 27.3. The van der Waals surface area contributed by atoms with Crippen LogP contribution in [0.2, 0.25) is 0 Å². The van der Waals surface area contributed by atoms with E-state index < -0.39 is 0 Å². The number of anilines is 2. The van der Waals surface area contributed by atoms with E-state index in [4.69, 9.17) is 4.98 Å². The summed E-state index contributed by atoms with van der Waals surface area (Å²) in [4.78, 5) is 21.7. The lowest BCUT2D eigenvalue weighted by Gasteiger charge is -2.11. The number of carbonyl (C=O) groups excluding carboxylic acids is 1. The second-order valence-electron chi connectivity index (χ2n) is 7.35. The third kappa shape index (κ3) is 4.06. The van der Waals surface area contributed by atoms with E-state index in [0.717, 1.165) is 34.0 Å². The second kappa shape index (κ2) is 8.73. The topological polar surface area (TPSA) is 71.3 Å². The van der Waals surface area contributed by atoms with Gasteiger partial charge >= 0.3 is 0 Å². The SMILES string of the molecule is O=C(NCc1ccccc1)c1cccc(Nc2c(-c3ccccc3)nc3cnccn23)c1. The summed E-state index contributed by atoms with van der Waals surface area (Å²) in [5.74, 6) is 0.693. The minimum Gasteiger partial charge on any atom is -0.348 e.